The van der Waals surface area contributed by atoms with Gasteiger partial charge in [-0.15, -0.1) is 0 Å². The Balaban J connectivity index is 1.61. The first kappa shape index (κ1) is 15.6. The predicted octanol–water partition coefficient (Wildman–Crippen LogP) is 3.04. The molecule has 6 nitrogen and oxygen atoms in total. The number of aryl methyl sites for hydroxylation is 1. The smallest absolute Gasteiger partial charge is 0.275 e. The minimum absolute atomic E-state index is 0.269. The summed E-state index contributed by atoms with van der Waals surface area (Å²) in [5.74, 6) is 0.321. The van der Waals surface area contributed by atoms with Crippen molar-refractivity contribution in [3.05, 3.63) is 78.0 Å². The molecule has 0 aliphatic heterocycles. The van der Waals surface area contributed by atoms with Crippen LogP contribution in [-0.4, -0.2) is 20.9 Å². The average Bonchev–Trinajstić information content (AvgIpc) is 2.63. The van der Waals surface area contributed by atoms with Gasteiger partial charge in [-0.2, -0.15) is 0 Å². The van der Waals surface area contributed by atoms with E-state index in [0.717, 1.165) is 16.8 Å². The van der Waals surface area contributed by atoms with Crippen LogP contribution in [0.4, 0.5) is 11.5 Å². The maximum Gasteiger partial charge on any atom is 0.275 e. The van der Waals surface area contributed by atoms with Crippen molar-refractivity contribution in [2.75, 3.05) is 10.6 Å². The first-order valence-electron chi connectivity index (χ1n) is 7.54. The summed E-state index contributed by atoms with van der Waals surface area (Å²) >= 11 is 0. The number of hydrogen-bond donors (Lipinski definition) is 2. The van der Waals surface area contributed by atoms with Gasteiger partial charge in [-0.3, -0.25) is 9.78 Å². The number of carbonyl (C=O) groups is 1. The van der Waals surface area contributed by atoms with Gasteiger partial charge in [-0.1, -0.05) is 24.3 Å². The van der Waals surface area contributed by atoms with Crippen LogP contribution in [0.1, 0.15) is 21.6 Å². The van der Waals surface area contributed by atoms with Crippen molar-refractivity contribution in [3.8, 4) is 0 Å². The van der Waals surface area contributed by atoms with Gasteiger partial charge in [0.1, 0.15) is 11.5 Å². The number of anilines is 2. The molecule has 0 unspecified atom stereocenters. The number of hydrogen-bond acceptors (Lipinski definition) is 5. The summed E-state index contributed by atoms with van der Waals surface area (Å²) in [6.07, 6.45) is 6.51. The lowest BCUT2D eigenvalue weighted by Gasteiger charge is -2.08. The molecule has 120 valence electrons. The first-order valence-corrected chi connectivity index (χ1v) is 7.54. The number of para-hydroxylation sites is 1. The van der Waals surface area contributed by atoms with Crippen LogP contribution in [0.25, 0.3) is 0 Å². The summed E-state index contributed by atoms with van der Waals surface area (Å²) in [7, 11) is 0. The summed E-state index contributed by atoms with van der Waals surface area (Å²) in [5.41, 5.74) is 3.07. The Morgan fingerprint density at radius 3 is 2.62 bits per heavy atom. The van der Waals surface area contributed by atoms with E-state index in [9.17, 15) is 4.79 Å². The molecule has 0 spiro atoms. The largest absolute Gasteiger partial charge is 0.365 e. The highest BCUT2D eigenvalue weighted by Crippen LogP contribution is 2.14. The molecule has 3 aromatic rings. The SMILES string of the molecule is Cc1ccccc1NC(=O)c1cnc(NCc2cccnc2)cn1. The predicted molar refractivity (Wildman–Crippen MR) is 92.7 cm³/mol. The number of amides is 1. The molecule has 0 atom stereocenters. The van der Waals surface area contributed by atoms with Crippen molar-refractivity contribution in [1.82, 2.24) is 15.0 Å². The third kappa shape index (κ3) is 3.92. The van der Waals surface area contributed by atoms with Gasteiger partial charge in [0.05, 0.1) is 12.4 Å². The molecule has 0 fully saturated rings. The Kier molecular flexibility index (Phi) is 4.76. The van der Waals surface area contributed by atoms with Crippen LogP contribution in [-0.2, 0) is 6.54 Å². The zero-order chi connectivity index (χ0) is 16.8. The number of pyridine rings is 1. The lowest BCUT2D eigenvalue weighted by Crippen LogP contribution is -2.15. The molecule has 1 amide bonds. The fourth-order valence-electron chi connectivity index (χ4n) is 2.13. The van der Waals surface area contributed by atoms with Crippen molar-refractivity contribution in [3.63, 3.8) is 0 Å². The zero-order valence-electron chi connectivity index (χ0n) is 13.2. The molecule has 2 heterocycles. The normalized spacial score (nSPS) is 10.2. The summed E-state index contributed by atoms with van der Waals surface area (Å²) < 4.78 is 0. The van der Waals surface area contributed by atoms with Crippen molar-refractivity contribution < 1.29 is 4.79 Å². The summed E-state index contributed by atoms with van der Waals surface area (Å²) in [6, 6.07) is 11.4. The van der Waals surface area contributed by atoms with Crippen LogP contribution >= 0.6 is 0 Å². The highest BCUT2D eigenvalue weighted by atomic mass is 16.1. The summed E-state index contributed by atoms with van der Waals surface area (Å²) in [4.78, 5) is 24.7. The lowest BCUT2D eigenvalue weighted by molar-refractivity contribution is 0.102. The number of nitrogens with one attached hydrogen (secondary N) is 2. The Morgan fingerprint density at radius 1 is 1.04 bits per heavy atom. The first-order chi connectivity index (χ1) is 11.7. The van der Waals surface area contributed by atoms with Gasteiger partial charge >= 0.3 is 0 Å². The number of carbonyl (C=O) groups excluding carboxylic acids is 1. The van der Waals surface area contributed by atoms with Crippen molar-refractivity contribution in [2.24, 2.45) is 0 Å². The quantitative estimate of drug-likeness (QED) is 0.755. The molecule has 3 rings (SSSR count). The van der Waals surface area contributed by atoms with Crippen molar-refractivity contribution in [1.29, 1.82) is 0 Å². The third-order valence-electron chi connectivity index (χ3n) is 3.47. The Hall–Kier alpha value is -3.28. The molecule has 6 heteroatoms. The molecule has 2 N–H and O–H groups in total. The van der Waals surface area contributed by atoms with Gasteiger partial charge in [0.15, 0.2) is 0 Å². The Labute approximate surface area is 140 Å². The number of benzene rings is 1. The topological polar surface area (TPSA) is 79.8 Å². The van der Waals surface area contributed by atoms with Gasteiger partial charge in [-0.05, 0) is 30.2 Å². The number of aromatic nitrogens is 3. The zero-order valence-corrected chi connectivity index (χ0v) is 13.2. The fourth-order valence-corrected chi connectivity index (χ4v) is 2.13. The minimum Gasteiger partial charge on any atom is -0.365 e. The molecular weight excluding hydrogens is 302 g/mol. The van der Waals surface area contributed by atoms with Gasteiger partial charge in [0, 0.05) is 24.6 Å². The van der Waals surface area contributed by atoms with E-state index < -0.39 is 0 Å². The summed E-state index contributed by atoms with van der Waals surface area (Å²) in [5, 5.41) is 5.97. The molecule has 1 aromatic carbocycles. The van der Waals surface area contributed by atoms with Gasteiger partial charge in [0.25, 0.3) is 5.91 Å². The van der Waals surface area contributed by atoms with Gasteiger partial charge in [-0.25, -0.2) is 9.97 Å². The van der Waals surface area contributed by atoms with E-state index in [0.29, 0.717) is 12.4 Å². The Morgan fingerprint density at radius 2 is 1.92 bits per heavy atom. The molecular formula is C18H17N5O. The van der Waals surface area contributed by atoms with E-state index in [4.69, 9.17) is 0 Å². The molecule has 24 heavy (non-hydrogen) atoms. The van der Waals surface area contributed by atoms with Crippen LogP contribution in [0.15, 0.2) is 61.2 Å². The van der Waals surface area contributed by atoms with Crippen molar-refractivity contribution >= 4 is 17.4 Å². The van der Waals surface area contributed by atoms with Crippen LogP contribution < -0.4 is 10.6 Å². The molecule has 2 aromatic heterocycles. The molecule has 0 saturated carbocycles. The van der Waals surface area contributed by atoms with E-state index in [1.54, 1.807) is 18.6 Å². The van der Waals surface area contributed by atoms with Gasteiger partial charge < -0.3 is 10.6 Å². The van der Waals surface area contributed by atoms with E-state index in [-0.39, 0.29) is 11.6 Å². The van der Waals surface area contributed by atoms with Crippen LogP contribution in [0, 0.1) is 6.92 Å². The maximum absolute atomic E-state index is 12.2. The van der Waals surface area contributed by atoms with Crippen LogP contribution in [0.2, 0.25) is 0 Å². The monoisotopic (exact) mass is 319 g/mol. The molecule has 0 radical (unpaired) electrons. The molecule has 0 aliphatic rings. The molecule has 0 bridgehead atoms. The highest BCUT2D eigenvalue weighted by Gasteiger charge is 2.09. The average molecular weight is 319 g/mol. The van der Waals surface area contributed by atoms with Crippen molar-refractivity contribution in [2.45, 2.75) is 13.5 Å². The highest BCUT2D eigenvalue weighted by molar-refractivity contribution is 6.03. The number of nitrogens with zero attached hydrogens (tertiary/aromatic N) is 3. The van der Waals surface area contributed by atoms with Crippen LogP contribution in [0.5, 0.6) is 0 Å². The second-order valence-electron chi connectivity index (χ2n) is 5.27. The summed E-state index contributed by atoms with van der Waals surface area (Å²) in [6.45, 7) is 2.53. The third-order valence-corrected chi connectivity index (χ3v) is 3.47. The van der Waals surface area contributed by atoms with E-state index >= 15 is 0 Å². The molecule has 0 aliphatic carbocycles. The van der Waals surface area contributed by atoms with E-state index in [2.05, 4.69) is 25.6 Å². The second kappa shape index (κ2) is 7.32. The number of rotatable bonds is 5. The standard InChI is InChI=1S/C18H17N5O/c1-13-5-2-3-7-15(13)23-18(24)16-11-22-17(12-20-16)21-10-14-6-4-8-19-9-14/h2-9,11-12H,10H2,1H3,(H,21,22)(H,23,24). The van der Waals surface area contributed by atoms with Gasteiger partial charge in [0.2, 0.25) is 0 Å². The van der Waals surface area contributed by atoms with E-state index in [1.165, 1.54) is 6.20 Å². The lowest BCUT2D eigenvalue weighted by atomic mass is 10.2. The minimum atomic E-state index is -0.282. The molecule has 0 saturated heterocycles. The maximum atomic E-state index is 12.2. The Bertz CT molecular complexity index is 818. The fraction of sp³-hybridized carbons (Fsp3) is 0.111. The van der Waals surface area contributed by atoms with Crippen LogP contribution in [0.3, 0.4) is 0 Å². The van der Waals surface area contributed by atoms with E-state index in [1.807, 2.05) is 43.3 Å². The second-order valence-corrected chi connectivity index (χ2v) is 5.27.